The lowest BCUT2D eigenvalue weighted by Gasteiger charge is -2.31. The van der Waals surface area contributed by atoms with E-state index in [1.807, 2.05) is 34.6 Å². The Bertz CT molecular complexity index is 657. The van der Waals surface area contributed by atoms with E-state index in [1.165, 1.54) is 0 Å². The number of aromatic nitrogens is 1. The average molecular weight is 521 g/mol. The molecule has 29 heavy (non-hydrogen) atoms. The van der Waals surface area contributed by atoms with Crippen molar-refractivity contribution in [2.45, 2.75) is 84.4 Å². The molecule has 0 bridgehead atoms. The Morgan fingerprint density at radius 3 is 2.24 bits per heavy atom. The maximum absolute atomic E-state index is 11.9. The van der Waals surface area contributed by atoms with Crippen LogP contribution in [-0.2, 0) is 11.2 Å². The van der Waals surface area contributed by atoms with Gasteiger partial charge in [0, 0.05) is 31.2 Å². The Morgan fingerprint density at radius 1 is 1.17 bits per heavy atom. The molecular formula is C20H36IN5O3. The smallest absolute Gasteiger partial charge is 0.407 e. The molecule has 1 heterocycles. The largest absolute Gasteiger partial charge is 0.444 e. The normalized spacial score (nSPS) is 19.9. The molecule has 1 aliphatic carbocycles. The van der Waals surface area contributed by atoms with Crippen molar-refractivity contribution in [1.29, 1.82) is 0 Å². The summed E-state index contributed by atoms with van der Waals surface area (Å²) >= 11 is 0. The lowest BCUT2D eigenvalue weighted by atomic mass is 9.91. The third-order valence-corrected chi connectivity index (χ3v) is 4.86. The van der Waals surface area contributed by atoms with Gasteiger partial charge in [-0.2, -0.15) is 0 Å². The van der Waals surface area contributed by atoms with E-state index in [2.05, 4.69) is 26.1 Å². The molecule has 9 heteroatoms. The highest BCUT2D eigenvalue weighted by Gasteiger charge is 2.25. The molecule has 2 rings (SSSR count). The highest BCUT2D eigenvalue weighted by molar-refractivity contribution is 14.0. The van der Waals surface area contributed by atoms with Crippen LogP contribution in [-0.4, -0.2) is 48.5 Å². The molecule has 0 radical (unpaired) electrons. The third kappa shape index (κ3) is 8.79. The zero-order valence-corrected chi connectivity index (χ0v) is 20.8. The van der Waals surface area contributed by atoms with Crippen molar-refractivity contribution < 1.29 is 14.1 Å². The number of aryl methyl sites for hydroxylation is 2. The second kappa shape index (κ2) is 11.6. The zero-order valence-electron chi connectivity index (χ0n) is 18.4. The molecule has 3 N–H and O–H groups in total. The molecule has 0 aromatic carbocycles. The van der Waals surface area contributed by atoms with Crippen LogP contribution >= 0.6 is 24.0 Å². The van der Waals surface area contributed by atoms with Crippen LogP contribution in [0.4, 0.5) is 4.79 Å². The summed E-state index contributed by atoms with van der Waals surface area (Å²) in [6.45, 7) is 10.3. The number of guanidine groups is 1. The van der Waals surface area contributed by atoms with Gasteiger partial charge in [-0.15, -0.1) is 24.0 Å². The molecule has 1 aromatic heterocycles. The molecule has 0 saturated heterocycles. The Kier molecular flexibility index (Phi) is 10.2. The fourth-order valence-electron chi connectivity index (χ4n) is 3.41. The number of alkyl carbamates (subject to hydrolysis) is 1. The van der Waals surface area contributed by atoms with Gasteiger partial charge in [0.05, 0.1) is 5.69 Å². The predicted molar refractivity (Wildman–Crippen MR) is 125 cm³/mol. The Balaban J connectivity index is 0.00000420. The third-order valence-electron chi connectivity index (χ3n) is 4.86. The molecule has 0 unspecified atom stereocenters. The molecule has 1 fully saturated rings. The van der Waals surface area contributed by atoms with Crippen molar-refractivity contribution in [3.8, 4) is 0 Å². The first-order chi connectivity index (χ1) is 13.2. The summed E-state index contributed by atoms with van der Waals surface area (Å²) in [5.74, 6) is 1.67. The minimum atomic E-state index is -0.468. The van der Waals surface area contributed by atoms with E-state index >= 15 is 0 Å². The SMILES string of the molecule is CN=C(NCCc1c(C)noc1C)NC1CCC(NC(=O)OC(C)(C)C)CC1.I. The van der Waals surface area contributed by atoms with Gasteiger partial charge >= 0.3 is 6.09 Å². The van der Waals surface area contributed by atoms with Gasteiger partial charge in [-0.25, -0.2) is 4.79 Å². The summed E-state index contributed by atoms with van der Waals surface area (Å²) in [5.41, 5.74) is 1.62. The average Bonchev–Trinajstić information content (AvgIpc) is 2.92. The summed E-state index contributed by atoms with van der Waals surface area (Å²) in [4.78, 5) is 16.2. The van der Waals surface area contributed by atoms with Crippen LogP contribution in [0, 0.1) is 13.8 Å². The van der Waals surface area contributed by atoms with Gasteiger partial charge in [-0.3, -0.25) is 4.99 Å². The standard InChI is InChI=1S/C20H35N5O3.HI/c1-13-17(14(2)28-25-13)11-12-22-18(21-6)23-15-7-9-16(10-8-15)24-19(26)27-20(3,4)5;/h15-16H,7-12H2,1-6H3,(H,24,26)(H2,21,22,23);1H. The molecule has 1 aromatic rings. The predicted octanol–water partition coefficient (Wildman–Crippen LogP) is 3.45. The summed E-state index contributed by atoms with van der Waals surface area (Å²) in [6, 6.07) is 0.518. The van der Waals surface area contributed by atoms with Gasteiger partial charge in [-0.05, 0) is 66.7 Å². The minimum absolute atomic E-state index is 0. The van der Waals surface area contributed by atoms with Gasteiger partial charge in [0.15, 0.2) is 5.96 Å². The van der Waals surface area contributed by atoms with Crippen LogP contribution in [0.1, 0.15) is 63.5 Å². The molecular weight excluding hydrogens is 485 g/mol. The number of carbonyl (C=O) groups excluding carboxylic acids is 1. The number of amides is 1. The van der Waals surface area contributed by atoms with Crippen molar-refractivity contribution in [2.75, 3.05) is 13.6 Å². The van der Waals surface area contributed by atoms with E-state index in [9.17, 15) is 4.79 Å². The second-order valence-electron chi connectivity index (χ2n) is 8.39. The van der Waals surface area contributed by atoms with Crippen molar-refractivity contribution in [1.82, 2.24) is 21.1 Å². The first kappa shape index (κ1) is 25.5. The van der Waals surface area contributed by atoms with Crippen molar-refractivity contribution >= 4 is 36.0 Å². The van der Waals surface area contributed by atoms with Crippen LogP contribution in [0.2, 0.25) is 0 Å². The van der Waals surface area contributed by atoms with Gasteiger partial charge < -0.3 is 25.2 Å². The van der Waals surface area contributed by atoms with Crippen LogP contribution in [0.3, 0.4) is 0 Å². The lowest BCUT2D eigenvalue weighted by Crippen LogP contribution is -2.48. The maximum Gasteiger partial charge on any atom is 0.407 e. The van der Waals surface area contributed by atoms with Gasteiger partial charge in [-0.1, -0.05) is 5.16 Å². The van der Waals surface area contributed by atoms with Gasteiger partial charge in [0.25, 0.3) is 0 Å². The van der Waals surface area contributed by atoms with Crippen molar-refractivity contribution in [3.05, 3.63) is 17.0 Å². The Labute approximate surface area is 191 Å². The van der Waals surface area contributed by atoms with E-state index < -0.39 is 5.60 Å². The van der Waals surface area contributed by atoms with E-state index in [1.54, 1.807) is 7.05 Å². The molecule has 0 spiro atoms. The van der Waals surface area contributed by atoms with E-state index in [0.29, 0.717) is 6.04 Å². The highest BCUT2D eigenvalue weighted by Crippen LogP contribution is 2.19. The lowest BCUT2D eigenvalue weighted by molar-refractivity contribution is 0.0490. The highest BCUT2D eigenvalue weighted by atomic mass is 127. The van der Waals surface area contributed by atoms with Crippen LogP contribution in [0.25, 0.3) is 0 Å². The molecule has 1 amide bonds. The number of rotatable bonds is 5. The molecule has 166 valence electrons. The van der Waals surface area contributed by atoms with Gasteiger partial charge in [0.2, 0.25) is 0 Å². The van der Waals surface area contributed by atoms with Crippen molar-refractivity contribution in [3.63, 3.8) is 0 Å². The quantitative estimate of drug-likeness (QED) is 0.312. The summed E-state index contributed by atoms with van der Waals surface area (Å²) in [6.07, 6.45) is 4.31. The Hall–Kier alpha value is -1.52. The second-order valence-corrected chi connectivity index (χ2v) is 8.39. The number of carbonyl (C=O) groups is 1. The van der Waals surface area contributed by atoms with E-state index in [-0.39, 0.29) is 36.1 Å². The zero-order chi connectivity index (χ0) is 20.7. The van der Waals surface area contributed by atoms with E-state index in [4.69, 9.17) is 9.26 Å². The number of aliphatic imine (C=N–C) groups is 1. The first-order valence-electron chi connectivity index (χ1n) is 10.1. The summed E-state index contributed by atoms with van der Waals surface area (Å²) < 4.78 is 10.5. The van der Waals surface area contributed by atoms with Crippen LogP contribution in [0.5, 0.6) is 0 Å². The van der Waals surface area contributed by atoms with Crippen molar-refractivity contribution in [2.24, 2.45) is 4.99 Å². The summed E-state index contributed by atoms with van der Waals surface area (Å²) in [7, 11) is 1.78. The number of hydrogen-bond acceptors (Lipinski definition) is 5. The Morgan fingerprint density at radius 2 is 1.76 bits per heavy atom. The van der Waals surface area contributed by atoms with Crippen LogP contribution < -0.4 is 16.0 Å². The number of halogens is 1. The number of ether oxygens (including phenoxy) is 1. The molecule has 1 aliphatic rings. The van der Waals surface area contributed by atoms with E-state index in [0.717, 1.165) is 61.6 Å². The van der Waals surface area contributed by atoms with Crippen LogP contribution in [0.15, 0.2) is 9.52 Å². The monoisotopic (exact) mass is 521 g/mol. The minimum Gasteiger partial charge on any atom is -0.444 e. The van der Waals surface area contributed by atoms with Gasteiger partial charge in [0.1, 0.15) is 11.4 Å². The maximum atomic E-state index is 11.9. The molecule has 0 aliphatic heterocycles. The summed E-state index contributed by atoms with van der Waals surface area (Å²) in [5, 5.41) is 13.8. The number of hydrogen-bond donors (Lipinski definition) is 3. The topological polar surface area (TPSA) is 101 Å². The number of nitrogens with one attached hydrogen (secondary N) is 3. The molecule has 1 saturated carbocycles. The molecule has 8 nitrogen and oxygen atoms in total. The first-order valence-corrected chi connectivity index (χ1v) is 10.1. The fraction of sp³-hybridized carbons (Fsp3) is 0.750. The number of nitrogens with zero attached hydrogens (tertiary/aromatic N) is 2. The molecule has 0 atom stereocenters. The fourth-order valence-corrected chi connectivity index (χ4v) is 3.41.